The topological polar surface area (TPSA) is 64.7 Å². The highest BCUT2D eigenvalue weighted by Crippen LogP contribution is 2.05. The Morgan fingerprint density at radius 1 is 1.32 bits per heavy atom. The number of amides is 2. The van der Waals surface area contributed by atoms with Crippen molar-refractivity contribution in [3.05, 3.63) is 0 Å². The minimum absolute atomic E-state index is 0.0356. The standard InChI is InChI=1S/C13H24N4O2/c1-16-6-8-17(9-7-16)10-12(18)15-11-4-2-3-5-14-13(11)19/h11H,2-10H2,1H3,(H,14,19)(H,15,18)/t11-/m0/s1. The van der Waals surface area contributed by atoms with E-state index in [-0.39, 0.29) is 17.9 Å². The second kappa shape index (κ2) is 6.86. The van der Waals surface area contributed by atoms with Crippen LogP contribution in [0.5, 0.6) is 0 Å². The quantitative estimate of drug-likeness (QED) is 0.690. The third kappa shape index (κ3) is 4.47. The Hall–Kier alpha value is -1.14. The van der Waals surface area contributed by atoms with Crippen LogP contribution in [0.25, 0.3) is 0 Å². The molecule has 0 aromatic rings. The van der Waals surface area contributed by atoms with E-state index in [4.69, 9.17) is 0 Å². The maximum atomic E-state index is 12.0. The molecule has 2 N–H and O–H groups in total. The molecule has 2 aliphatic heterocycles. The molecule has 6 nitrogen and oxygen atoms in total. The van der Waals surface area contributed by atoms with E-state index in [9.17, 15) is 9.59 Å². The van der Waals surface area contributed by atoms with Crippen LogP contribution < -0.4 is 10.6 Å². The zero-order valence-electron chi connectivity index (χ0n) is 11.7. The van der Waals surface area contributed by atoms with Gasteiger partial charge in [0.25, 0.3) is 0 Å². The summed E-state index contributed by atoms with van der Waals surface area (Å²) >= 11 is 0. The van der Waals surface area contributed by atoms with Crippen LogP contribution in [0.4, 0.5) is 0 Å². The molecule has 0 aliphatic carbocycles. The number of nitrogens with zero attached hydrogens (tertiary/aromatic N) is 2. The lowest BCUT2D eigenvalue weighted by molar-refractivity contribution is -0.129. The maximum absolute atomic E-state index is 12.0. The Balaban J connectivity index is 1.75. The van der Waals surface area contributed by atoms with Gasteiger partial charge >= 0.3 is 0 Å². The Morgan fingerprint density at radius 3 is 2.79 bits per heavy atom. The van der Waals surface area contributed by atoms with Crippen molar-refractivity contribution in [3.63, 3.8) is 0 Å². The van der Waals surface area contributed by atoms with Gasteiger partial charge in [-0.25, -0.2) is 0 Å². The van der Waals surface area contributed by atoms with Crippen molar-refractivity contribution in [1.29, 1.82) is 0 Å². The number of carbonyl (C=O) groups is 2. The van der Waals surface area contributed by atoms with Gasteiger partial charge in [0.05, 0.1) is 6.54 Å². The van der Waals surface area contributed by atoms with Crippen LogP contribution in [0.2, 0.25) is 0 Å². The molecule has 19 heavy (non-hydrogen) atoms. The predicted molar refractivity (Wildman–Crippen MR) is 72.7 cm³/mol. The molecular formula is C13H24N4O2. The van der Waals surface area contributed by atoms with Crippen molar-refractivity contribution in [2.24, 2.45) is 0 Å². The van der Waals surface area contributed by atoms with Crippen molar-refractivity contribution in [3.8, 4) is 0 Å². The highest BCUT2D eigenvalue weighted by atomic mass is 16.2. The molecule has 0 aromatic carbocycles. The van der Waals surface area contributed by atoms with Crippen molar-refractivity contribution in [1.82, 2.24) is 20.4 Å². The number of nitrogens with one attached hydrogen (secondary N) is 2. The van der Waals surface area contributed by atoms with E-state index in [2.05, 4.69) is 27.5 Å². The number of likely N-dealkylation sites (N-methyl/N-ethyl adjacent to an activating group) is 1. The van der Waals surface area contributed by atoms with Crippen LogP contribution in [0.3, 0.4) is 0 Å². The summed E-state index contributed by atoms with van der Waals surface area (Å²) in [4.78, 5) is 28.1. The Labute approximate surface area is 114 Å². The Morgan fingerprint density at radius 2 is 2.05 bits per heavy atom. The maximum Gasteiger partial charge on any atom is 0.242 e. The lowest BCUT2D eigenvalue weighted by atomic mass is 10.1. The third-order valence-electron chi connectivity index (χ3n) is 3.83. The lowest BCUT2D eigenvalue weighted by Gasteiger charge is -2.32. The molecule has 2 fully saturated rings. The fourth-order valence-corrected chi connectivity index (χ4v) is 2.53. The Kier molecular flexibility index (Phi) is 5.15. The second-order valence-electron chi connectivity index (χ2n) is 5.49. The van der Waals surface area contributed by atoms with Crippen molar-refractivity contribution < 1.29 is 9.59 Å². The van der Waals surface area contributed by atoms with Gasteiger partial charge in [0, 0.05) is 32.7 Å². The molecule has 2 aliphatic rings. The van der Waals surface area contributed by atoms with Crippen LogP contribution in [-0.4, -0.2) is 74.0 Å². The van der Waals surface area contributed by atoms with E-state index < -0.39 is 0 Å². The summed E-state index contributed by atoms with van der Waals surface area (Å²) in [5, 5.41) is 5.70. The first-order valence-electron chi connectivity index (χ1n) is 7.13. The average Bonchev–Trinajstić information content (AvgIpc) is 2.58. The molecule has 0 spiro atoms. The first-order chi connectivity index (χ1) is 9.15. The summed E-state index contributed by atoms with van der Waals surface area (Å²) in [5.41, 5.74) is 0. The van der Waals surface area contributed by atoms with E-state index in [1.165, 1.54) is 0 Å². The minimum Gasteiger partial charge on any atom is -0.354 e. The molecule has 108 valence electrons. The zero-order valence-corrected chi connectivity index (χ0v) is 11.7. The summed E-state index contributed by atoms with van der Waals surface area (Å²) in [6.07, 6.45) is 2.73. The zero-order chi connectivity index (χ0) is 13.7. The number of hydrogen-bond acceptors (Lipinski definition) is 4. The van der Waals surface area contributed by atoms with Gasteiger partial charge in [-0.2, -0.15) is 0 Å². The number of hydrogen-bond donors (Lipinski definition) is 2. The van der Waals surface area contributed by atoms with Gasteiger partial charge in [-0.15, -0.1) is 0 Å². The second-order valence-corrected chi connectivity index (χ2v) is 5.49. The van der Waals surface area contributed by atoms with Gasteiger partial charge in [0.15, 0.2) is 0 Å². The van der Waals surface area contributed by atoms with Crippen molar-refractivity contribution in [2.75, 3.05) is 46.3 Å². The molecule has 2 saturated heterocycles. The molecule has 0 unspecified atom stereocenters. The van der Waals surface area contributed by atoms with Gasteiger partial charge < -0.3 is 15.5 Å². The number of rotatable bonds is 3. The van der Waals surface area contributed by atoms with Crippen LogP contribution in [0.1, 0.15) is 19.3 Å². The molecule has 2 amide bonds. The van der Waals surface area contributed by atoms with Crippen LogP contribution in [0, 0.1) is 0 Å². The summed E-state index contributed by atoms with van der Waals surface area (Å²) in [6.45, 7) is 4.96. The minimum atomic E-state index is -0.345. The van der Waals surface area contributed by atoms with Gasteiger partial charge in [-0.3, -0.25) is 14.5 Å². The summed E-state index contributed by atoms with van der Waals surface area (Å²) < 4.78 is 0. The molecule has 6 heteroatoms. The van der Waals surface area contributed by atoms with Crippen molar-refractivity contribution >= 4 is 11.8 Å². The molecule has 2 heterocycles. The van der Waals surface area contributed by atoms with Crippen LogP contribution in [-0.2, 0) is 9.59 Å². The Bertz CT molecular complexity index is 327. The first-order valence-corrected chi connectivity index (χ1v) is 7.13. The summed E-state index contributed by atoms with van der Waals surface area (Å²) in [5.74, 6) is -0.0733. The monoisotopic (exact) mass is 268 g/mol. The summed E-state index contributed by atoms with van der Waals surface area (Å²) in [6, 6.07) is -0.345. The fourth-order valence-electron chi connectivity index (χ4n) is 2.53. The van der Waals surface area contributed by atoms with E-state index in [0.29, 0.717) is 6.54 Å². The molecule has 2 rings (SSSR count). The van der Waals surface area contributed by atoms with E-state index in [1.807, 2.05) is 0 Å². The van der Waals surface area contributed by atoms with Gasteiger partial charge in [-0.05, 0) is 26.3 Å². The molecule has 1 atom stereocenters. The first kappa shape index (κ1) is 14.3. The molecule has 0 bridgehead atoms. The third-order valence-corrected chi connectivity index (χ3v) is 3.83. The van der Waals surface area contributed by atoms with Crippen LogP contribution in [0.15, 0.2) is 0 Å². The molecule has 0 saturated carbocycles. The number of carbonyl (C=O) groups excluding carboxylic acids is 2. The molecule has 0 radical (unpaired) electrons. The highest BCUT2D eigenvalue weighted by Gasteiger charge is 2.23. The van der Waals surface area contributed by atoms with Crippen molar-refractivity contribution in [2.45, 2.75) is 25.3 Å². The fraction of sp³-hybridized carbons (Fsp3) is 0.846. The van der Waals surface area contributed by atoms with Gasteiger partial charge in [0.1, 0.15) is 6.04 Å². The highest BCUT2D eigenvalue weighted by molar-refractivity contribution is 5.88. The van der Waals surface area contributed by atoms with Gasteiger partial charge in [0.2, 0.25) is 11.8 Å². The van der Waals surface area contributed by atoms with E-state index in [0.717, 1.165) is 52.0 Å². The van der Waals surface area contributed by atoms with Crippen LogP contribution >= 0.6 is 0 Å². The lowest BCUT2D eigenvalue weighted by Crippen LogP contribution is -2.51. The van der Waals surface area contributed by atoms with E-state index >= 15 is 0 Å². The predicted octanol–water partition coefficient (Wildman–Crippen LogP) is -0.981. The molecule has 0 aromatic heterocycles. The average molecular weight is 268 g/mol. The number of piperazine rings is 1. The normalized spacial score (nSPS) is 26.6. The molecular weight excluding hydrogens is 244 g/mol. The SMILES string of the molecule is CN1CCN(CC(=O)N[C@H]2CCCCNC2=O)CC1. The van der Waals surface area contributed by atoms with Gasteiger partial charge in [-0.1, -0.05) is 0 Å². The van der Waals surface area contributed by atoms with E-state index in [1.54, 1.807) is 0 Å². The largest absolute Gasteiger partial charge is 0.354 e. The summed E-state index contributed by atoms with van der Waals surface area (Å²) in [7, 11) is 2.09. The smallest absolute Gasteiger partial charge is 0.242 e.